The van der Waals surface area contributed by atoms with Crippen LogP contribution in [0.3, 0.4) is 0 Å². The summed E-state index contributed by atoms with van der Waals surface area (Å²) in [6, 6.07) is 11.2. The number of carbonyl (C=O) groups is 1. The number of nitrogens with zero attached hydrogens (tertiary/aromatic N) is 2. The van der Waals surface area contributed by atoms with Crippen molar-refractivity contribution in [2.45, 2.75) is 16.7 Å². The minimum absolute atomic E-state index is 0.0206. The predicted molar refractivity (Wildman–Crippen MR) is 109 cm³/mol. The first-order valence-electron chi connectivity index (χ1n) is 8.51. The summed E-state index contributed by atoms with van der Waals surface area (Å²) in [4.78, 5) is 13.9. The number of halogens is 2. The van der Waals surface area contributed by atoms with Crippen LogP contribution in [0.4, 0.5) is 10.1 Å². The maximum atomic E-state index is 14.3. The number of sulfonamides is 1. The van der Waals surface area contributed by atoms with E-state index >= 15 is 0 Å². The average Bonchev–Trinajstić information content (AvgIpc) is 3.26. The van der Waals surface area contributed by atoms with Gasteiger partial charge in [-0.15, -0.1) is 11.3 Å². The van der Waals surface area contributed by atoms with Gasteiger partial charge in [-0.1, -0.05) is 17.7 Å². The average molecular weight is 450 g/mol. The van der Waals surface area contributed by atoms with E-state index in [0.29, 0.717) is 5.02 Å². The van der Waals surface area contributed by atoms with Gasteiger partial charge < -0.3 is 4.90 Å². The second-order valence-electron chi connectivity index (χ2n) is 6.48. The Kier molecular flexibility index (Phi) is 5.04. The molecule has 0 aliphatic carbocycles. The molecule has 0 radical (unpaired) electrons. The zero-order valence-electron chi connectivity index (χ0n) is 14.7. The molecule has 1 aliphatic rings. The maximum absolute atomic E-state index is 14.3. The molecule has 0 saturated carbocycles. The van der Waals surface area contributed by atoms with Gasteiger partial charge in [0.2, 0.25) is 5.91 Å². The number of thiophene rings is 1. The molecule has 1 aliphatic heterocycles. The van der Waals surface area contributed by atoms with Crippen LogP contribution in [0, 0.1) is 17.1 Å². The summed E-state index contributed by atoms with van der Waals surface area (Å²) in [5, 5.41) is 10.1. The number of nitrogens with one attached hydrogen (secondary N) is 1. The van der Waals surface area contributed by atoms with Gasteiger partial charge in [-0.25, -0.2) is 12.8 Å². The predicted octanol–water partition coefficient (Wildman–Crippen LogP) is 3.65. The Bertz CT molecular complexity index is 1280. The summed E-state index contributed by atoms with van der Waals surface area (Å²) >= 11 is 7.00. The third kappa shape index (κ3) is 3.72. The topological polar surface area (TPSA) is 90.3 Å². The van der Waals surface area contributed by atoms with E-state index in [-0.39, 0.29) is 28.4 Å². The smallest absolute Gasteiger partial charge is 0.250 e. The molecule has 4 rings (SSSR count). The monoisotopic (exact) mass is 449 g/mol. The summed E-state index contributed by atoms with van der Waals surface area (Å²) in [7, 11) is -3.94. The van der Waals surface area contributed by atoms with Crippen LogP contribution in [0.1, 0.15) is 12.0 Å². The number of fused-ring (bicyclic) bond motifs is 1. The maximum Gasteiger partial charge on any atom is 0.250 e. The van der Waals surface area contributed by atoms with Crippen LogP contribution in [0.2, 0.25) is 5.02 Å². The zero-order valence-corrected chi connectivity index (χ0v) is 17.1. The number of nitriles is 1. The molecule has 3 aromatic rings. The Balaban J connectivity index is 1.56. The minimum Gasteiger partial charge on any atom is -0.308 e. The molecule has 2 heterocycles. The summed E-state index contributed by atoms with van der Waals surface area (Å²) in [6.07, 6.45) is 0.203. The summed E-state index contributed by atoms with van der Waals surface area (Å²) in [5.41, 5.74) is 0.159. The van der Waals surface area contributed by atoms with Crippen molar-refractivity contribution in [1.29, 1.82) is 5.26 Å². The van der Waals surface area contributed by atoms with Gasteiger partial charge in [-0.05, 0) is 48.2 Å². The molecular weight excluding hydrogens is 437 g/mol. The molecule has 148 valence electrons. The lowest BCUT2D eigenvalue weighted by Crippen LogP contribution is -2.41. The number of hydrogen-bond acceptors (Lipinski definition) is 5. The molecule has 2 aromatic carbocycles. The minimum atomic E-state index is -3.94. The Morgan fingerprint density at radius 2 is 2.03 bits per heavy atom. The van der Waals surface area contributed by atoms with E-state index in [9.17, 15) is 17.6 Å². The number of anilines is 1. The molecule has 0 spiro atoms. The third-order valence-corrected chi connectivity index (χ3v) is 7.87. The molecule has 1 amide bonds. The van der Waals surface area contributed by atoms with Crippen LogP contribution in [0.25, 0.3) is 10.1 Å². The van der Waals surface area contributed by atoms with Gasteiger partial charge in [-0.3, -0.25) is 4.79 Å². The van der Waals surface area contributed by atoms with Gasteiger partial charge in [0.05, 0.1) is 17.3 Å². The molecule has 0 unspecified atom stereocenters. The van der Waals surface area contributed by atoms with Crippen molar-refractivity contribution in [3.05, 3.63) is 58.9 Å². The molecular formula is C19H13ClFN3O3S2. The lowest BCUT2D eigenvalue weighted by molar-refractivity contribution is -0.118. The first kappa shape index (κ1) is 19.8. The number of amides is 1. The van der Waals surface area contributed by atoms with Crippen LogP contribution >= 0.6 is 22.9 Å². The van der Waals surface area contributed by atoms with E-state index < -0.39 is 27.8 Å². The SMILES string of the molecule is N#Cc1ccc(N2CC[C@H](NS(=O)(=O)c3cc4ccc(Cl)cc4s3)C2=O)c(F)c1. The van der Waals surface area contributed by atoms with E-state index in [1.54, 1.807) is 18.2 Å². The third-order valence-electron chi connectivity index (χ3n) is 4.59. The first-order valence-corrected chi connectivity index (χ1v) is 11.2. The standard InChI is InChI=1S/C19H13ClFN3O3S2/c20-13-3-2-12-8-18(28-17(12)9-13)29(26,27)23-15-5-6-24(19(15)25)16-4-1-11(10-22)7-14(16)21/h1-4,7-9,15,23H,5-6H2/t15-/m0/s1. The van der Waals surface area contributed by atoms with Crippen molar-refractivity contribution in [3.63, 3.8) is 0 Å². The van der Waals surface area contributed by atoms with Crippen LogP contribution < -0.4 is 9.62 Å². The van der Waals surface area contributed by atoms with Gasteiger partial charge in [0.25, 0.3) is 10.0 Å². The molecule has 29 heavy (non-hydrogen) atoms. The molecule has 1 aromatic heterocycles. The fourth-order valence-electron chi connectivity index (χ4n) is 3.18. The van der Waals surface area contributed by atoms with Crippen LogP contribution in [0.15, 0.2) is 46.7 Å². The quantitative estimate of drug-likeness (QED) is 0.658. The van der Waals surface area contributed by atoms with Gasteiger partial charge in [0.15, 0.2) is 0 Å². The normalized spacial score (nSPS) is 17.1. The number of benzene rings is 2. The van der Waals surface area contributed by atoms with Gasteiger partial charge in [0, 0.05) is 16.3 Å². The van der Waals surface area contributed by atoms with Crippen LogP contribution in [0.5, 0.6) is 0 Å². The first-order chi connectivity index (χ1) is 13.8. The molecule has 1 fully saturated rings. The second-order valence-corrected chi connectivity index (χ2v) is 9.94. The van der Waals surface area contributed by atoms with E-state index in [4.69, 9.17) is 16.9 Å². The van der Waals surface area contributed by atoms with Crippen molar-refractivity contribution in [1.82, 2.24) is 4.72 Å². The largest absolute Gasteiger partial charge is 0.308 e. The summed E-state index contributed by atoms with van der Waals surface area (Å²) in [5.74, 6) is -1.25. The molecule has 6 nitrogen and oxygen atoms in total. The molecule has 1 atom stereocenters. The number of rotatable bonds is 4. The lowest BCUT2D eigenvalue weighted by Gasteiger charge is -2.18. The highest BCUT2D eigenvalue weighted by Gasteiger charge is 2.37. The van der Waals surface area contributed by atoms with E-state index in [1.165, 1.54) is 23.1 Å². The van der Waals surface area contributed by atoms with Crippen molar-refractivity contribution >= 4 is 54.6 Å². The highest BCUT2D eigenvalue weighted by atomic mass is 35.5. The summed E-state index contributed by atoms with van der Waals surface area (Å²) in [6.45, 7) is 0.164. The lowest BCUT2D eigenvalue weighted by atomic mass is 10.2. The van der Waals surface area contributed by atoms with Gasteiger partial charge >= 0.3 is 0 Å². The van der Waals surface area contributed by atoms with Crippen molar-refractivity contribution in [2.24, 2.45) is 0 Å². The fourth-order valence-corrected chi connectivity index (χ4v) is 6.10. The van der Waals surface area contributed by atoms with Crippen molar-refractivity contribution < 1.29 is 17.6 Å². The van der Waals surface area contributed by atoms with E-state index in [2.05, 4.69) is 4.72 Å². The molecule has 1 N–H and O–H groups in total. The van der Waals surface area contributed by atoms with Gasteiger partial charge in [-0.2, -0.15) is 9.98 Å². The number of hydrogen-bond donors (Lipinski definition) is 1. The van der Waals surface area contributed by atoms with Crippen LogP contribution in [-0.4, -0.2) is 26.9 Å². The summed E-state index contributed by atoms with van der Waals surface area (Å²) < 4.78 is 43.0. The Hall–Kier alpha value is -2.51. The Morgan fingerprint density at radius 1 is 1.24 bits per heavy atom. The highest BCUT2D eigenvalue weighted by molar-refractivity contribution is 7.91. The van der Waals surface area contributed by atoms with Crippen LogP contribution in [-0.2, 0) is 14.8 Å². The van der Waals surface area contributed by atoms with Crippen molar-refractivity contribution in [3.8, 4) is 6.07 Å². The van der Waals surface area contributed by atoms with Crippen molar-refractivity contribution in [2.75, 3.05) is 11.4 Å². The Labute approximate surface area is 175 Å². The van der Waals surface area contributed by atoms with E-state index in [1.807, 2.05) is 6.07 Å². The molecule has 1 saturated heterocycles. The fraction of sp³-hybridized carbons (Fsp3) is 0.158. The second kappa shape index (κ2) is 7.39. The number of carbonyl (C=O) groups excluding carboxylic acids is 1. The molecule has 0 bridgehead atoms. The zero-order chi connectivity index (χ0) is 20.8. The van der Waals surface area contributed by atoms with E-state index in [0.717, 1.165) is 27.5 Å². The van der Waals surface area contributed by atoms with Gasteiger partial charge in [0.1, 0.15) is 16.1 Å². The Morgan fingerprint density at radius 3 is 2.76 bits per heavy atom. The molecule has 10 heteroatoms. The highest BCUT2D eigenvalue weighted by Crippen LogP contribution is 2.32.